The van der Waals surface area contributed by atoms with Crippen molar-refractivity contribution in [2.45, 2.75) is 38.6 Å². The van der Waals surface area contributed by atoms with Crippen molar-refractivity contribution in [1.29, 1.82) is 5.26 Å². The lowest BCUT2D eigenvalue weighted by molar-refractivity contribution is -0.131. The van der Waals surface area contributed by atoms with Crippen LogP contribution < -0.4 is 13.7 Å². The molecule has 0 aliphatic carbocycles. The summed E-state index contributed by atoms with van der Waals surface area (Å²) in [5.41, 5.74) is -6.70. The number of hydrogen-bond donors (Lipinski definition) is 0. The van der Waals surface area contributed by atoms with Crippen molar-refractivity contribution in [3.8, 4) is 34.6 Å². The summed E-state index contributed by atoms with van der Waals surface area (Å²) in [6.45, 7) is 6.22. The molecule has 0 spiro atoms. The topological polar surface area (TPSA) is 116 Å². The summed E-state index contributed by atoms with van der Waals surface area (Å²) in [7, 11) is -4.76. The maximum absolute atomic E-state index is 12.9. The molecule has 1 aromatic heterocycles. The van der Waals surface area contributed by atoms with E-state index < -0.39 is 38.5 Å². The highest BCUT2D eigenvalue weighted by Crippen LogP contribution is 2.38. The summed E-state index contributed by atoms with van der Waals surface area (Å²) in [6, 6.07) is 7.21. The maximum atomic E-state index is 12.9. The minimum atomic E-state index is -6.09. The molecule has 0 saturated carbocycles. The molecule has 2 rings (SSSR count). The Morgan fingerprint density at radius 2 is 1.69 bits per heavy atom. The highest BCUT2D eigenvalue weighted by atomic mass is 32.2. The predicted molar refractivity (Wildman–Crippen MR) is 107 cm³/mol. The SMILES string of the molecule is COc1cc(OC(C)=O)cc(-c2cc(C(C)(C)C)nc(OS(=O)(=O)C(F)(F)F)c2C#N)c1. The van der Waals surface area contributed by atoms with Crippen LogP contribution in [-0.4, -0.2) is 32.0 Å². The van der Waals surface area contributed by atoms with Crippen LogP contribution in [0.4, 0.5) is 13.2 Å². The largest absolute Gasteiger partial charge is 0.534 e. The fraction of sp³-hybridized carbons (Fsp3) is 0.350. The molecule has 8 nitrogen and oxygen atoms in total. The van der Waals surface area contributed by atoms with E-state index in [1.54, 1.807) is 26.8 Å². The van der Waals surface area contributed by atoms with E-state index in [2.05, 4.69) is 9.17 Å². The summed E-state index contributed by atoms with van der Waals surface area (Å²) >= 11 is 0. The van der Waals surface area contributed by atoms with Crippen LogP contribution in [0.5, 0.6) is 17.4 Å². The van der Waals surface area contributed by atoms with Crippen molar-refractivity contribution in [3.63, 3.8) is 0 Å². The zero-order valence-electron chi connectivity index (χ0n) is 17.7. The average molecular weight is 472 g/mol. The summed E-state index contributed by atoms with van der Waals surface area (Å²) in [6.07, 6.45) is 0. The Morgan fingerprint density at radius 3 is 2.16 bits per heavy atom. The van der Waals surface area contributed by atoms with Gasteiger partial charge in [0.25, 0.3) is 5.88 Å². The summed E-state index contributed by atoms with van der Waals surface area (Å²) in [4.78, 5) is 15.2. The van der Waals surface area contributed by atoms with Gasteiger partial charge in [-0.3, -0.25) is 4.79 Å². The second-order valence-corrected chi connectivity index (χ2v) is 9.11. The van der Waals surface area contributed by atoms with E-state index in [4.69, 9.17) is 9.47 Å². The van der Waals surface area contributed by atoms with Crippen LogP contribution in [0, 0.1) is 11.3 Å². The number of esters is 1. The third-order valence-corrected chi connectivity index (χ3v) is 4.97. The standard InChI is InChI=1S/C20H19F3N2O6S/c1-11(26)30-14-7-12(6-13(8-14)29-5)15-9-17(19(2,3)4)25-18(16(15)10-24)31-32(27,28)20(21,22)23/h6-9H,1-5H3. The van der Waals surface area contributed by atoms with E-state index in [0.29, 0.717) is 0 Å². The van der Waals surface area contributed by atoms with E-state index in [1.807, 2.05) is 0 Å². The zero-order valence-corrected chi connectivity index (χ0v) is 18.5. The van der Waals surface area contributed by atoms with Crippen LogP contribution in [0.1, 0.15) is 39.0 Å². The molecule has 12 heteroatoms. The molecule has 0 amide bonds. The summed E-state index contributed by atoms with van der Waals surface area (Å²) in [5.74, 6) is -1.42. The Morgan fingerprint density at radius 1 is 1.09 bits per heavy atom. The number of carbonyl (C=O) groups excluding carboxylic acids is 1. The van der Waals surface area contributed by atoms with E-state index in [1.165, 1.54) is 31.4 Å². The highest BCUT2D eigenvalue weighted by Gasteiger charge is 2.49. The number of hydrogen-bond acceptors (Lipinski definition) is 8. The van der Waals surface area contributed by atoms with Gasteiger partial charge in [0.15, 0.2) is 0 Å². The van der Waals surface area contributed by atoms with Gasteiger partial charge in [0.2, 0.25) is 0 Å². The van der Waals surface area contributed by atoms with Gasteiger partial charge in [0.05, 0.1) is 12.8 Å². The van der Waals surface area contributed by atoms with E-state index in [0.717, 1.165) is 6.92 Å². The Kier molecular flexibility index (Phi) is 6.75. The van der Waals surface area contributed by atoms with Gasteiger partial charge in [0.1, 0.15) is 23.1 Å². The van der Waals surface area contributed by atoms with E-state index >= 15 is 0 Å². The van der Waals surface area contributed by atoms with E-state index in [9.17, 15) is 31.6 Å². The molecule has 0 unspecified atom stereocenters. The first-order chi connectivity index (χ1) is 14.6. The number of methoxy groups -OCH3 is 1. The van der Waals surface area contributed by atoms with Crippen molar-refractivity contribution in [3.05, 3.63) is 35.5 Å². The van der Waals surface area contributed by atoms with Crippen LogP contribution >= 0.6 is 0 Å². The quantitative estimate of drug-likeness (QED) is 0.277. The normalized spacial score (nSPS) is 12.1. The van der Waals surface area contributed by atoms with Gasteiger partial charge in [-0.2, -0.15) is 26.9 Å². The van der Waals surface area contributed by atoms with Crippen LogP contribution in [0.2, 0.25) is 0 Å². The van der Waals surface area contributed by atoms with Gasteiger partial charge in [-0.15, -0.1) is 0 Å². The van der Waals surface area contributed by atoms with Gasteiger partial charge in [-0.1, -0.05) is 20.8 Å². The number of carbonyl (C=O) groups is 1. The number of halogens is 3. The van der Waals surface area contributed by atoms with Crippen molar-refractivity contribution in [2.24, 2.45) is 0 Å². The van der Waals surface area contributed by atoms with E-state index in [-0.39, 0.29) is 28.3 Å². The van der Waals surface area contributed by atoms with Gasteiger partial charge >= 0.3 is 21.6 Å². The smallest absolute Gasteiger partial charge is 0.497 e. The van der Waals surface area contributed by atoms with Crippen molar-refractivity contribution < 1.29 is 40.0 Å². The Balaban J connectivity index is 2.86. The van der Waals surface area contributed by atoms with Crippen molar-refractivity contribution in [1.82, 2.24) is 4.98 Å². The minimum Gasteiger partial charge on any atom is -0.497 e. The number of alkyl halides is 3. The highest BCUT2D eigenvalue weighted by molar-refractivity contribution is 7.87. The van der Waals surface area contributed by atoms with Crippen LogP contribution in [0.25, 0.3) is 11.1 Å². The molecule has 0 atom stereocenters. The van der Waals surface area contributed by atoms with Crippen molar-refractivity contribution in [2.75, 3.05) is 7.11 Å². The molecule has 0 fully saturated rings. The van der Waals surface area contributed by atoms with Crippen molar-refractivity contribution >= 4 is 16.1 Å². The van der Waals surface area contributed by atoms with Gasteiger partial charge < -0.3 is 13.7 Å². The lowest BCUT2D eigenvalue weighted by atomic mass is 9.88. The molecule has 32 heavy (non-hydrogen) atoms. The third-order valence-electron chi connectivity index (χ3n) is 4.03. The molecule has 0 bridgehead atoms. The first-order valence-electron chi connectivity index (χ1n) is 8.93. The zero-order chi connectivity index (χ0) is 24.5. The molecular weight excluding hydrogens is 453 g/mol. The lowest BCUT2D eigenvalue weighted by Crippen LogP contribution is -2.29. The average Bonchev–Trinajstić information content (AvgIpc) is 2.64. The molecule has 1 heterocycles. The second-order valence-electron chi connectivity index (χ2n) is 7.57. The molecule has 2 aromatic rings. The number of aromatic nitrogens is 1. The van der Waals surface area contributed by atoms with Gasteiger partial charge in [-0.25, -0.2) is 4.98 Å². The first-order valence-corrected chi connectivity index (χ1v) is 10.3. The number of nitrogens with zero attached hydrogens (tertiary/aromatic N) is 2. The molecule has 0 N–H and O–H groups in total. The Bertz CT molecular complexity index is 1200. The number of benzene rings is 1. The summed E-state index contributed by atoms with van der Waals surface area (Å²) < 4.78 is 76.3. The monoisotopic (exact) mass is 472 g/mol. The fourth-order valence-electron chi connectivity index (χ4n) is 2.52. The second kappa shape index (κ2) is 8.66. The number of nitriles is 1. The predicted octanol–water partition coefficient (Wildman–Crippen LogP) is 4.08. The molecule has 0 aliphatic heterocycles. The number of ether oxygens (including phenoxy) is 2. The lowest BCUT2D eigenvalue weighted by Gasteiger charge is -2.21. The Labute approximate surface area is 182 Å². The van der Waals surface area contributed by atoms with Gasteiger partial charge in [-0.05, 0) is 23.8 Å². The van der Waals surface area contributed by atoms with Gasteiger partial charge in [0, 0.05) is 24.0 Å². The minimum absolute atomic E-state index is 0.00658. The summed E-state index contributed by atoms with van der Waals surface area (Å²) in [5, 5.41) is 9.63. The first kappa shape index (κ1) is 24.9. The molecule has 0 radical (unpaired) electrons. The number of rotatable bonds is 5. The van der Waals surface area contributed by atoms with Crippen LogP contribution in [0.15, 0.2) is 24.3 Å². The molecular formula is C20H19F3N2O6S. The molecule has 172 valence electrons. The fourth-order valence-corrected chi connectivity index (χ4v) is 2.95. The third kappa shape index (κ3) is 5.47. The maximum Gasteiger partial charge on any atom is 0.534 e. The van der Waals surface area contributed by atoms with Crippen LogP contribution in [-0.2, 0) is 20.3 Å². The Hall–Kier alpha value is -3.33. The molecule has 0 aliphatic rings. The molecule has 0 saturated heterocycles. The van der Waals surface area contributed by atoms with Crippen LogP contribution in [0.3, 0.4) is 0 Å². The molecule has 1 aromatic carbocycles. The number of pyridine rings is 1.